The number of nitrogens with zero attached hydrogens (tertiary/aromatic N) is 5. The molecule has 1 aliphatic rings. The van der Waals surface area contributed by atoms with Gasteiger partial charge in [0.05, 0.1) is 6.04 Å². The molecular weight excluding hydrogens is 300 g/mol. The van der Waals surface area contributed by atoms with Gasteiger partial charge in [0.15, 0.2) is 0 Å². The molecule has 0 bridgehead atoms. The van der Waals surface area contributed by atoms with Crippen LogP contribution in [-0.4, -0.2) is 33.0 Å². The minimum atomic E-state index is 0.0637. The van der Waals surface area contributed by atoms with Crippen molar-refractivity contribution in [1.29, 1.82) is 0 Å². The van der Waals surface area contributed by atoms with Crippen LogP contribution in [0.1, 0.15) is 56.3 Å². The maximum atomic E-state index is 4.77. The summed E-state index contributed by atoms with van der Waals surface area (Å²) in [5, 5.41) is 3.30. The standard InChI is InChI=1S/C18H26N6/c1-14(22-17-19-9-8-10-20-17)16-13-21-18(23-15(16)2)24-11-6-4-3-5-7-12-24/h8-10,13-14H,3-7,11-12H2,1-2H3,(H,19,20,22)/t14-/m1/s1. The van der Waals surface area contributed by atoms with E-state index in [1.54, 1.807) is 12.4 Å². The normalized spacial score (nSPS) is 17.0. The largest absolute Gasteiger partial charge is 0.348 e. The summed E-state index contributed by atoms with van der Waals surface area (Å²) in [4.78, 5) is 20.2. The molecule has 0 amide bonds. The molecule has 6 nitrogen and oxygen atoms in total. The molecule has 0 unspecified atom stereocenters. The summed E-state index contributed by atoms with van der Waals surface area (Å²) in [5.41, 5.74) is 2.09. The number of aryl methyl sites for hydroxylation is 1. The first-order valence-electron chi connectivity index (χ1n) is 8.86. The Balaban J connectivity index is 1.71. The van der Waals surface area contributed by atoms with Crippen LogP contribution in [0.5, 0.6) is 0 Å². The van der Waals surface area contributed by atoms with Gasteiger partial charge >= 0.3 is 0 Å². The molecule has 128 valence electrons. The molecule has 1 aliphatic heterocycles. The quantitative estimate of drug-likeness (QED) is 0.927. The second kappa shape index (κ2) is 8.04. The van der Waals surface area contributed by atoms with E-state index in [9.17, 15) is 0 Å². The first-order valence-corrected chi connectivity index (χ1v) is 8.86. The summed E-state index contributed by atoms with van der Waals surface area (Å²) in [6.07, 6.45) is 11.8. The molecule has 1 saturated heterocycles. The maximum Gasteiger partial charge on any atom is 0.225 e. The third-order valence-corrected chi connectivity index (χ3v) is 4.52. The molecule has 3 rings (SSSR count). The van der Waals surface area contributed by atoms with Crippen molar-refractivity contribution in [3.8, 4) is 0 Å². The van der Waals surface area contributed by atoms with E-state index < -0.39 is 0 Å². The van der Waals surface area contributed by atoms with Gasteiger partial charge < -0.3 is 10.2 Å². The second-order valence-electron chi connectivity index (χ2n) is 6.40. The van der Waals surface area contributed by atoms with E-state index in [0.717, 1.165) is 30.3 Å². The summed E-state index contributed by atoms with van der Waals surface area (Å²) in [7, 11) is 0. The molecule has 1 fully saturated rings. The molecular formula is C18H26N6. The Morgan fingerprint density at radius 3 is 2.33 bits per heavy atom. The minimum absolute atomic E-state index is 0.0637. The van der Waals surface area contributed by atoms with E-state index in [1.807, 2.05) is 12.3 Å². The fourth-order valence-electron chi connectivity index (χ4n) is 3.13. The first kappa shape index (κ1) is 16.6. The van der Waals surface area contributed by atoms with Crippen molar-refractivity contribution < 1.29 is 0 Å². The highest BCUT2D eigenvalue weighted by Gasteiger charge is 2.16. The van der Waals surface area contributed by atoms with Gasteiger partial charge in [0.1, 0.15) is 0 Å². The summed E-state index contributed by atoms with van der Waals surface area (Å²) >= 11 is 0. The van der Waals surface area contributed by atoms with Crippen molar-refractivity contribution in [3.05, 3.63) is 35.9 Å². The van der Waals surface area contributed by atoms with E-state index >= 15 is 0 Å². The lowest BCUT2D eigenvalue weighted by Gasteiger charge is -2.25. The molecule has 6 heteroatoms. The third-order valence-electron chi connectivity index (χ3n) is 4.52. The van der Waals surface area contributed by atoms with Gasteiger partial charge in [-0.3, -0.25) is 0 Å². The number of rotatable bonds is 4. The highest BCUT2D eigenvalue weighted by molar-refractivity contribution is 5.37. The van der Waals surface area contributed by atoms with Crippen molar-refractivity contribution in [2.75, 3.05) is 23.3 Å². The molecule has 1 atom stereocenters. The van der Waals surface area contributed by atoms with Crippen LogP contribution in [0, 0.1) is 6.92 Å². The molecule has 0 aromatic carbocycles. The van der Waals surface area contributed by atoms with Crippen LogP contribution in [0.3, 0.4) is 0 Å². The van der Waals surface area contributed by atoms with Crippen molar-refractivity contribution in [1.82, 2.24) is 19.9 Å². The summed E-state index contributed by atoms with van der Waals surface area (Å²) in [6, 6.07) is 1.87. The van der Waals surface area contributed by atoms with Crippen LogP contribution in [0.15, 0.2) is 24.7 Å². The molecule has 1 N–H and O–H groups in total. The van der Waals surface area contributed by atoms with Gasteiger partial charge in [-0.25, -0.2) is 19.9 Å². The third kappa shape index (κ3) is 4.19. The van der Waals surface area contributed by atoms with Crippen molar-refractivity contribution in [3.63, 3.8) is 0 Å². The number of anilines is 2. The summed E-state index contributed by atoms with van der Waals surface area (Å²) in [5.74, 6) is 1.48. The Hall–Kier alpha value is -2.24. The van der Waals surface area contributed by atoms with Gasteiger partial charge in [-0.05, 0) is 32.8 Å². The highest BCUT2D eigenvalue weighted by atomic mass is 15.2. The predicted octanol–water partition coefficient (Wildman–Crippen LogP) is 3.52. The highest BCUT2D eigenvalue weighted by Crippen LogP contribution is 2.21. The average Bonchev–Trinajstić information content (AvgIpc) is 2.55. The Kier molecular flexibility index (Phi) is 5.56. The summed E-state index contributed by atoms with van der Waals surface area (Å²) in [6.45, 7) is 6.25. The SMILES string of the molecule is Cc1nc(N2CCCCCCC2)ncc1[C@@H](C)Nc1ncccn1. The zero-order valence-corrected chi connectivity index (χ0v) is 14.6. The van der Waals surface area contributed by atoms with Crippen molar-refractivity contribution >= 4 is 11.9 Å². The van der Waals surface area contributed by atoms with E-state index in [0.29, 0.717) is 5.95 Å². The van der Waals surface area contributed by atoms with Gasteiger partial charge in [0, 0.05) is 42.9 Å². The smallest absolute Gasteiger partial charge is 0.225 e. The number of hydrogen-bond donors (Lipinski definition) is 1. The lowest BCUT2D eigenvalue weighted by atomic mass is 10.1. The molecule has 24 heavy (non-hydrogen) atoms. The van der Waals surface area contributed by atoms with Crippen LogP contribution in [0.2, 0.25) is 0 Å². The topological polar surface area (TPSA) is 66.8 Å². The van der Waals surface area contributed by atoms with E-state index in [4.69, 9.17) is 4.98 Å². The molecule has 0 aliphatic carbocycles. The van der Waals surface area contributed by atoms with E-state index in [1.165, 1.54) is 32.1 Å². The lowest BCUT2D eigenvalue weighted by Crippen LogP contribution is -2.29. The van der Waals surface area contributed by atoms with Crippen LogP contribution < -0.4 is 10.2 Å². The molecule has 3 heterocycles. The van der Waals surface area contributed by atoms with Gasteiger partial charge in [-0.1, -0.05) is 19.3 Å². The zero-order chi connectivity index (χ0) is 16.8. The number of nitrogens with one attached hydrogen (secondary N) is 1. The Bertz CT molecular complexity index is 637. The Labute approximate surface area is 143 Å². The van der Waals surface area contributed by atoms with Gasteiger partial charge in [0.2, 0.25) is 11.9 Å². The Morgan fingerprint density at radius 1 is 1.00 bits per heavy atom. The first-order chi connectivity index (χ1) is 11.7. The minimum Gasteiger partial charge on any atom is -0.348 e. The van der Waals surface area contributed by atoms with Crippen LogP contribution >= 0.6 is 0 Å². The van der Waals surface area contributed by atoms with Crippen molar-refractivity contribution in [2.24, 2.45) is 0 Å². The van der Waals surface area contributed by atoms with Crippen LogP contribution in [-0.2, 0) is 0 Å². The van der Waals surface area contributed by atoms with Gasteiger partial charge in [0.25, 0.3) is 0 Å². The Morgan fingerprint density at radius 2 is 1.67 bits per heavy atom. The predicted molar refractivity (Wildman–Crippen MR) is 96.1 cm³/mol. The maximum absolute atomic E-state index is 4.77. The molecule has 0 saturated carbocycles. The number of aromatic nitrogens is 4. The van der Waals surface area contributed by atoms with Crippen LogP contribution in [0.25, 0.3) is 0 Å². The molecule has 0 radical (unpaired) electrons. The van der Waals surface area contributed by atoms with Gasteiger partial charge in [-0.15, -0.1) is 0 Å². The zero-order valence-electron chi connectivity index (χ0n) is 14.6. The molecule has 0 spiro atoms. The molecule has 2 aromatic rings. The fourth-order valence-corrected chi connectivity index (χ4v) is 3.13. The average molecular weight is 326 g/mol. The van der Waals surface area contributed by atoms with Gasteiger partial charge in [-0.2, -0.15) is 0 Å². The monoisotopic (exact) mass is 326 g/mol. The van der Waals surface area contributed by atoms with E-state index in [2.05, 4.69) is 39.0 Å². The lowest BCUT2D eigenvalue weighted by molar-refractivity contribution is 0.550. The fraction of sp³-hybridized carbons (Fsp3) is 0.556. The van der Waals surface area contributed by atoms with Crippen LogP contribution in [0.4, 0.5) is 11.9 Å². The number of hydrogen-bond acceptors (Lipinski definition) is 6. The van der Waals surface area contributed by atoms with E-state index in [-0.39, 0.29) is 6.04 Å². The van der Waals surface area contributed by atoms with Crippen molar-refractivity contribution in [2.45, 2.75) is 52.0 Å². The summed E-state index contributed by atoms with van der Waals surface area (Å²) < 4.78 is 0. The second-order valence-corrected chi connectivity index (χ2v) is 6.40. The molecule has 2 aromatic heterocycles.